The van der Waals surface area contributed by atoms with Crippen molar-refractivity contribution in [2.24, 2.45) is 0 Å². The van der Waals surface area contributed by atoms with Crippen LogP contribution in [0, 0.1) is 13.8 Å². The zero-order chi connectivity index (χ0) is 18.6. The number of phenolic OH excluding ortho intramolecular Hbond substituents is 1. The molecule has 1 atom stereocenters. The lowest BCUT2D eigenvalue weighted by Crippen LogP contribution is -2.35. The fourth-order valence-electron chi connectivity index (χ4n) is 2.21. The predicted octanol–water partition coefficient (Wildman–Crippen LogP) is 3.63. The van der Waals surface area contributed by atoms with Crippen molar-refractivity contribution >= 4 is 27.8 Å². The molecule has 0 aromatic heterocycles. The Balaban J connectivity index is 1.96. The maximum Gasteiger partial charge on any atom is 0.342 e. The van der Waals surface area contributed by atoms with E-state index in [-0.39, 0.29) is 11.3 Å². The van der Waals surface area contributed by atoms with Gasteiger partial charge in [0.15, 0.2) is 6.10 Å². The van der Waals surface area contributed by atoms with E-state index >= 15 is 0 Å². The number of halogens is 1. The van der Waals surface area contributed by atoms with E-state index in [1.165, 1.54) is 13.0 Å². The molecule has 0 radical (unpaired) electrons. The quantitative estimate of drug-likeness (QED) is 0.744. The number of carbonyl (C=O) groups is 2. The smallest absolute Gasteiger partial charge is 0.342 e. The van der Waals surface area contributed by atoms with E-state index in [1.807, 2.05) is 31.2 Å². The summed E-state index contributed by atoms with van der Waals surface area (Å²) < 4.78 is 5.56. The van der Waals surface area contributed by atoms with Crippen molar-refractivity contribution in [2.45, 2.75) is 33.4 Å². The normalized spacial score (nSPS) is 11.7. The average Bonchev–Trinajstić information content (AvgIpc) is 2.57. The number of carbonyl (C=O) groups excluding carboxylic acids is 2. The first-order valence-corrected chi connectivity index (χ1v) is 8.60. The summed E-state index contributed by atoms with van der Waals surface area (Å²) in [5.74, 6) is -1.36. The number of aromatic hydroxyl groups is 1. The molecule has 0 aliphatic heterocycles. The Hall–Kier alpha value is -2.34. The van der Waals surface area contributed by atoms with Crippen molar-refractivity contribution in [3.05, 3.63) is 63.1 Å². The number of aryl methyl sites for hydroxylation is 2. The van der Waals surface area contributed by atoms with Gasteiger partial charge in [0.25, 0.3) is 5.91 Å². The van der Waals surface area contributed by atoms with E-state index in [2.05, 4.69) is 21.2 Å². The van der Waals surface area contributed by atoms with Crippen LogP contribution in [0.15, 0.2) is 40.9 Å². The summed E-state index contributed by atoms with van der Waals surface area (Å²) in [7, 11) is 0. The number of rotatable bonds is 5. The zero-order valence-electron chi connectivity index (χ0n) is 14.3. The van der Waals surface area contributed by atoms with Crippen molar-refractivity contribution in [3.63, 3.8) is 0 Å². The van der Waals surface area contributed by atoms with E-state index in [1.54, 1.807) is 13.0 Å². The summed E-state index contributed by atoms with van der Waals surface area (Å²) >= 11 is 3.18. The highest BCUT2D eigenvalue weighted by molar-refractivity contribution is 9.10. The van der Waals surface area contributed by atoms with Crippen molar-refractivity contribution in [1.29, 1.82) is 0 Å². The number of phenols is 1. The third kappa shape index (κ3) is 5.06. The van der Waals surface area contributed by atoms with Gasteiger partial charge in [0.2, 0.25) is 0 Å². The Morgan fingerprint density at radius 1 is 1.16 bits per heavy atom. The topological polar surface area (TPSA) is 75.6 Å². The summed E-state index contributed by atoms with van der Waals surface area (Å²) in [5, 5.41) is 12.7. The highest BCUT2D eigenvalue weighted by atomic mass is 79.9. The first-order chi connectivity index (χ1) is 11.8. The molecule has 0 aliphatic rings. The van der Waals surface area contributed by atoms with Gasteiger partial charge < -0.3 is 15.2 Å². The second kappa shape index (κ2) is 8.16. The fraction of sp³-hybridized carbons (Fsp3) is 0.263. The Labute approximate surface area is 155 Å². The van der Waals surface area contributed by atoms with Gasteiger partial charge in [0.1, 0.15) is 11.3 Å². The molecule has 0 heterocycles. The molecule has 25 heavy (non-hydrogen) atoms. The number of ether oxygens (including phenoxy) is 1. The van der Waals surface area contributed by atoms with E-state index < -0.39 is 18.0 Å². The average molecular weight is 406 g/mol. The third-order valence-electron chi connectivity index (χ3n) is 3.67. The minimum atomic E-state index is -0.975. The number of amides is 1. The molecule has 1 amide bonds. The Morgan fingerprint density at radius 3 is 2.44 bits per heavy atom. The molecule has 0 bridgehead atoms. The van der Waals surface area contributed by atoms with E-state index in [9.17, 15) is 14.7 Å². The van der Waals surface area contributed by atoms with Gasteiger partial charge in [-0.15, -0.1) is 0 Å². The monoisotopic (exact) mass is 405 g/mol. The van der Waals surface area contributed by atoms with Crippen LogP contribution in [0.1, 0.15) is 34.0 Å². The van der Waals surface area contributed by atoms with Crippen LogP contribution >= 0.6 is 15.9 Å². The molecule has 0 saturated heterocycles. The second-order valence-electron chi connectivity index (χ2n) is 5.89. The molecule has 0 fully saturated rings. The molecular weight excluding hydrogens is 386 g/mol. The largest absolute Gasteiger partial charge is 0.506 e. The summed E-state index contributed by atoms with van der Waals surface area (Å²) in [6.07, 6.45) is -0.975. The van der Waals surface area contributed by atoms with Crippen molar-refractivity contribution in [3.8, 4) is 5.75 Å². The zero-order valence-corrected chi connectivity index (χ0v) is 15.9. The van der Waals surface area contributed by atoms with Gasteiger partial charge in [0.05, 0.1) is 4.47 Å². The predicted molar refractivity (Wildman–Crippen MR) is 98.4 cm³/mol. The second-order valence-corrected chi connectivity index (χ2v) is 6.75. The van der Waals surface area contributed by atoms with E-state index in [0.29, 0.717) is 11.0 Å². The van der Waals surface area contributed by atoms with E-state index in [4.69, 9.17) is 4.74 Å². The minimum Gasteiger partial charge on any atom is -0.506 e. The van der Waals surface area contributed by atoms with Gasteiger partial charge in [0, 0.05) is 6.54 Å². The maximum absolute atomic E-state index is 12.2. The van der Waals surface area contributed by atoms with Crippen LogP contribution in [0.5, 0.6) is 5.75 Å². The van der Waals surface area contributed by atoms with Gasteiger partial charge in [-0.2, -0.15) is 0 Å². The molecule has 1 unspecified atom stereocenters. The van der Waals surface area contributed by atoms with Gasteiger partial charge in [-0.25, -0.2) is 4.79 Å². The number of hydrogen-bond donors (Lipinski definition) is 2. The van der Waals surface area contributed by atoms with Crippen molar-refractivity contribution < 1.29 is 19.4 Å². The van der Waals surface area contributed by atoms with E-state index in [0.717, 1.165) is 16.7 Å². The standard InChI is InChI=1S/C19H20BrNO4/c1-11-4-6-14(7-5-11)10-21-18(23)13(3)25-19(24)15-8-12(2)9-16(20)17(15)22/h4-9,13,22H,10H2,1-3H3,(H,21,23). The van der Waals surface area contributed by atoms with Crippen LogP contribution in [0.4, 0.5) is 0 Å². The van der Waals surface area contributed by atoms with Gasteiger partial charge in [-0.1, -0.05) is 29.8 Å². The number of nitrogens with one attached hydrogen (secondary N) is 1. The lowest BCUT2D eigenvalue weighted by atomic mass is 10.1. The molecule has 2 N–H and O–H groups in total. The van der Waals surface area contributed by atoms with Gasteiger partial charge in [-0.3, -0.25) is 4.79 Å². The number of esters is 1. The molecule has 2 aromatic carbocycles. The number of benzene rings is 2. The molecule has 6 heteroatoms. The SMILES string of the molecule is Cc1ccc(CNC(=O)C(C)OC(=O)c2cc(C)cc(Br)c2O)cc1. The molecule has 0 saturated carbocycles. The summed E-state index contributed by atoms with van der Waals surface area (Å²) in [4.78, 5) is 24.3. The van der Waals surface area contributed by atoms with Crippen LogP contribution in [0.2, 0.25) is 0 Å². The summed E-state index contributed by atoms with van der Waals surface area (Å²) in [5.41, 5.74) is 2.90. The minimum absolute atomic E-state index is 0.0186. The summed E-state index contributed by atoms with van der Waals surface area (Å²) in [6, 6.07) is 11.0. The summed E-state index contributed by atoms with van der Waals surface area (Å²) in [6.45, 7) is 5.62. The fourth-order valence-corrected chi connectivity index (χ4v) is 2.78. The Morgan fingerprint density at radius 2 is 1.80 bits per heavy atom. The molecule has 0 aliphatic carbocycles. The lowest BCUT2D eigenvalue weighted by molar-refractivity contribution is -0.129. The maximum atomic E-state index is 12.2. The molecule has 0 spiro atoms. The Kier molecular flexibility index (Phi) is 6.20. The molecule has 2 aromatic rings. The van der Waals surface area contributed by atoms with Crippen LogP contribution in [-0.4, -0.2) is 23.1 Å². The molecule has 2 rings (SSSR count). The first kappa shape index (κ1) is 19.0. The molecule has 132 valence electrons. The van der Waals surface area contributed by atoms with Crippen molar-refractivity contribution in [2.75, 3.05) is 0 Å². The van der Waals surface area contributed by atoms with Crippen LogP contribution < -0.4 is 5.32 Å². The van der Waals surface area contributed by atoms with Crippen molar-refractivity contribution in [1.82, 2.24) is 5.32 Å². The number of hydrogen-bond acceptors (Lipinski definition) is 4. The highest BCUT2D eigenvalue weighted by Crippen LogP contribution is 2.30. The van der Waals surface area contributed by atoms with Crippen LogP contribution in [0.3, 0.4) is 0 Å². The Bertz CT molecular complexity index is 787. The van der Waals surface area contributed by atoms with Crippen LogP contribution in [0.25, 0.3) is 0 Å². The van der Waals surface area contributed by atoms with Crippen LogP contribution in [-0.2, 0) is 16.1 Å². The third-order valence-corrected chi connectivity index (χ3v) is 4.27. The first-order valence-electron chi connectivity index (χ1n) is 7.81. The highest BCUT2D eigenvalue weighted by Gasteiger charge is 2.22. The lowest BCUT2D eigenvalue weighted by Gasteiger charge is -2.15. The van der Waals surface area contributed by atoms with Gasteiger partial charge >= 0.3 is 5.97 Å². The molecular formula is C19H20BrNO4. The van der Waals surface area contributed by atoms with Gasteiger partial charge in [-0.05, 0) is 60.0 Å². The molecule has 5 nitrogen and oxygen atoms in total.